The SMILES string of the molecule is CN(CC1CCN(C(=O)OC(C)(C)C)CC1)C1CCC(c2ccc(Cl)cc2)=C(CO)C1. The average Bonchev–Trinajstić information content (AvgIpc) is 2.73. The Balaban J connectivity index is 1.52. The maximum atomic E-state index is 12.3. The lowest BCUT2D eigenvalue weighted by Gasteiger charge is -2.38. The molecule has 6 heteroatoms. The van der Waals surface area contributed by atoms with Gasteiger partial charge in [-0.15, -0.1) is 0 Å². The van der Waals surface area contributed by atoms with Crippen LogP contribution in [0.25, 0.3) is 5.57 Å². The van der Waals surface area contributed by atoms with Gasteiger partial charge in [0.05, 0.1) is 6.61 Å². The Labute approximate surface area is 192 Å². The third-order valence-corrected chi connectivity index (χ3v) is 6.71. The average molecular weight is 449 g/mol. The fourth-order valence-corrected chi connectivity index (χ4v) is 4.84. The normalized spacial score (nSPS) is 21.0. The predicted molar refractivity (Wildman–Crippen MR) is 126 cm³/mol. The second-order valence-corrected chi connectivity index (χ2v) is 10.4. The lowest BCUT2D eigenvalue weighted by Crippen LogP contribution is -2.45. The number of likely N-dealkylation sites (tertiary alicyclic amines) is 1. The van der Waals surface area contributed by atoms with Gasteiger partial charge >= 0.3 is 6.09 Å². The highest BCUT2D eigenvalue weighted by Gasteiger charge is 2.30. The van der Waals surface area contributed by atoms with Crippen LogP contribution in [-0.4, -0.2) is 65.9 Å². The Morgan fingerprint density at radius 3 is 2.42 bits per heavy atom. The molecule has 1 N–H and O–H groups in total. The van der Waals surface area contributed by atoms with Gasteiger partial charge in [0.25, 0.3) is 0 Å². The maximum absolute atomic E-state index is 12.3. The number of aliphatic hydroxyl groups excluding tert-OH is 1. The Morgan fingerprint density at radius 2 is 1.84 bits per heavy atom. The minimum Gasteiger partial charge on any atom is -0.444 e. The molecule has 1 heterocycles. The van der Waals surface area contributed by atoms with Crippen LogP contribution in [0.2, 0.25) is 5.02 Å². The second-order valence-electron chi connectivity index (χ2n) is 9.99. The summed E-state index contributed by atoms with van der Waals surface area (Å²) in [5.74, 6) is 0.586. The quantitative estimate of drug-likeness (QED) is 0.671. The van der Waals surface area contributed by atoms with E-state index < -0.39 is 5.60 Å². The van der Waals surface area contributed by atoms with Gasteiger partial charge in [-0.1, -0.05) is 23.7 Å². The van der Waals surface area contributed by atoms with E-state index in [2.05, 4.69) is 24.1 Å². The van der Waals surface area contributed by atoms with Crippen LogP contribution in [0.4, 0.5) is 4.79 Å². The van der Waals surface area contributed by atoms with Gasteiger partial charge in [0.1, 0.15) is 5.60 Å². The number of allylic oxidation sites excluding steroid dienone is 1. The van der Waals surface area contributed by atoms with Gasteiger partial charge in [0, 0.05) is 30.7 Å². The topological polar surface area (TPSA) is 53.0 Å². The molecule has 5 nitrogen and oxygen atoms in total. The van der Waals surface area contributed by atoms with Gasteiger partial charge in [-0.3, -0.25) is 0 Å². The number of benzene rings is 1. The number of piperidine rings is 1. The summed E-state index contributed by atoms with van der Waals surface area (Å²) in [5, 5.41) is 10.7. The molecule has 1 saturated heterocycles. The first-order valence-electron chi connectivity index (χ1n) is 11.4. The molecule has 1 fully saturated rings. The van der Waals surface area contributed by atoms with E-state index in [1.807, 2.05) is 37.8 Å². The van der Waals surface area contributed by atoms with E-state index in [1.54, 1.807) is 0 Å². The lowest BCUT2D eigenvalue weighted by molar-refractivity contribution is 0.0166. The van der Waals surface area contributed by atoms with Crippen molar-refractivity contribution in [2.75, 3.05) is 33.3 Å². The molecular weight excluding hydrogens is 412 g/mol. The van der Waals surface area contributed by atoms with Crippen LogP contribution in [0.15, 0.2) is 29.8 Å². The van der Waals surface area contributed by atoms with Gasteiger partial charge in [0.2, 0.25) is 0 Å². The monoisotopic (exact) mass is 448 g/mol. The first-order valence-corrected chi connectivity index (χ1v) is 11.8. The van der Waals surface area contributed by atoms with Crippen LogP contribution >= 0.6 is 11.6 Å². The zero-order valence-electron chi connectivity index (χ0n) is 19.4. The highest BCUT2D eigenvalue weighted by molar-refractivity contribution is 6.30. The molecule has 1 aliphatic carbocycles. The van der Waals surface area contributed by atoms with Crippen LogP contribution < -0.4 is 0 Å². The van der Waals surface area contributed by atoms with Crippen LogP contribution in [0.3, 0.4) is 0 Å². The van der Waals surface area contributed by atoms with E-state index in [-0.39, 0.29) is 12.7 Å². The van der Waals surface area contributed by atoms with Crippen molar-refractivity contribution in [2.45, 2.75) is 64.5 Å². The number of nitrogens with zero attached hydrogens (tertiary/aromatic N) is 2. The number of ether oxygens (including phenoxy) is 1. The minimum absolute atomic E-state index is 0.108. The smallest absolute Gasteiger partial charge is 0.410 e. The zero-order chi connectivity index (χ0) is 22.6. The van der Waals surface area contributed by atoms with Crippen molar-refractivity contribution in [1.82, 2.24) is 9.80 Å². The predicted octanol–water partition coefficient (Wildman–Crippen LogP) is 5.22. The Morgan fingerprint density at radius 1 is 1.19 bits per heavy atom. The number of aliphatic hydroxyl groups is 1. The molecule has 172 valence electrons. The highest BCUT2D eigenvalue weighted by Crippen LogP contribution is 2.35. The fraction of sp³-hybridized carbons (Fsp3) is 0.640. The Kier molecular flexibility index (Phi) is 8.06. The van der Waals surface area contributed by atoms with Crippen molar-refractivity contribution in [3.05, 3.63) is 40.4 Å². The number of hydrogen-bond acceptors (Lipinski definition) is 4. The Bertz CT molecular complexity index is 777. The van der Waals surface area contributed by atoms with Crippen LogP contribution in [0.1, 0.15) is 58.4 Å². The first kappa shape index (κ1) is 24.1. The van der Waals surface area contributed by atoms with Crippen LogP contribution in [-0.2, 0) is 4.74 Å². The van der Waals surface area contributed by atoms with Gasteiger partial charge in [-0.05, 0) is 94.7 Å². The van der Waals surface area contributed by atoms with Crippen molar-refractivity contribution in [1.29, 1.82) is 0 Å². The van der Waals surface area contributed by atoms with E-state index in [9.17, 15) is 9.90 Å². The van der Waals surface area contributed by atoms with E-state index in [1.165, 1.54) is 11.1 Å². The Hall–Kier alpha value is -1.56. The maximum Gasteiger partial charge on any atom is 0.410 e. The van der Waals surface area contributed by atoms with Crippen LogP contribution in [0, 0.1) is 5.92 Å². The molecule has 1 atom stereocenters. The van der Waals surface area contributed by atoms with E-state index in [0.717, 1.165) is 62.3 Å². The van der Waals surface area contributed by atoms with Crippen LogP contribution in [0.5, 0.6) is 0 Å². The molecule has 0 bridgehead atoms. The molecule has 1 unspecified atom stereocenters. The molecular formula is C25H37ClN2O3. The van der Waals surface area contributed by atoms with Crippen molar-refractivity contribution >= 4 is 23.3 Å². The standard InChI is InChI=1S/C25H37ClN2O3/c1-25(2,3)31-24(30)28-13-11-18(12-14-28)16-27(4)22-9-10-23(20(15-22)17-29)19-5-7-21(26)8-6-19/h5-8,18,22,29H,9-17H2,1-4H3. The summed E-state index contributed by atoms with van der Waals surface area (Å²) >= 11 is 6.03. The second kappa shape index (κ2) is 10.4. The number of carbonyl (C=O) groups is 1. The number of halogens is 1. The fourth-order valence-electron chi connectivity index (χ4n) is 4.71. The summed E-state index contributed by atoms with van der Waals surface area (Å²) in [7, 11) is 2.20. The summed E-state index contributed by atoms with van der Waals surface area (Å²) in [6, 6.07) is 8.38. The van der Waals surface area contributed by atoms with Crippen molar-refractivity contribution in [2.24, 2.45) is 5.92 Å². The summed E-state index contributed by atoms with van der Waals surface area (Å²) in [6.45, 7) is 8.39. The largest absolute Gasteiger partial charge is 0.444 e. The van der Waals surface area contributed by atoms with E-state index in [0.29, 0.717) is 12.0 Å². The van der Waals surface area contributed by atoms with Gasteiger partial charge in [0.15, 0.2) is 0 Å². The number of hydrogen-bond donors (Lipinski definition) is 1. The summed E-state index contributed by atoms with van der Waals surface area (Å²) in [5.41, 5.74) is 3.14. The third-order valence-electron chi connectivity index (χ3n) is 6.46. The number of carbonyl (C=O) groups excluding carboxylic acids is 1. The molecule has 2 aliphatic rings. The molecule has 1 aliphatic heterocycles. The molecule has 0 radical (unpaired) electrons. The summed E-state index contributed by atoms with van der Waals surface area (Å²) in [6.07, 6.45) is 4.79. The third kappa shape index (κ3) is 6.71. The zero-order valence-corrected chi connectivity index (χ0v) is 20.1. The van der Waals surface area contributed by atoms with Crippen molar-refractivity contribution in [3.8, 4) is 0 Å². The number of amides is 1. The van der Waals surface area contributed by atoms with Crippen molar-refractivity contribution < 1.29 is 14.6 Å². The minimum atomic E-state index is -0.447. The molecule has 0 aromatic heterocycles. The van der Waals surface area contributed by atoms with Crippen molar-refractivity contribution in [3.63, 3.8) is 0 Å². The molecule has 0 saturated carbocycles. The van der Waals surface area contributed by atoms with Gasteiger partial charge in [-0.2, -0.15) is 0 Å². The molecule has 1 amide bonds. The molecule has 31 heavy (non-hydrogen) atoms. The van der Waals surface area contributed by atoms with E-state index in [4.69, 9.17) is 16.3 Å². The highest BCUT2D eigenvalue weighted by atomic mass is 35.5. The summed E-state index contributed by atoms with van der Waals surface area (Å²) in [4.78, 5) is 16.6. The van der Waals surface area contributed by atoms with Gasteiger partial charge < -0.3 is 19.6 Å². The first-order chi connectivity index (χ1) is 14.7. The lowest BCUT2D eigenvalue weighted by atomic mass is 9.84. The molecule has 3 rings (SSSR count). The molecule has 0 spiro atoms. The van der Waals surface area contributed by atoms with Gasteiger partial charge in [-0.25, -0.2) is 4.79 Å². The number of rotatable bonds is 5. The van der Waals surface area contributed by atoms with E-state index >= 15 is 0 Å². The molecule has 1 aromatic carbocycles. The molecule has 1 aromatic rings. The summed E-state index contributed by atoms with van der Waals surface area (Å²) < 4.78 is 5.51.